The highest BCUT2D eigenvalue weighted by molar-refractivity contribution is 14.0. The summed E-state index contributed by atoms with van der Waals surface area (Å²) in [5.74, 6) is 0.536. The Morgan fingerprint density at radius 2 is 2.05 bits per heavy atom. The Morgan fingerprint density at radius 3 is 2.52 bits per heavy atom. The minimum absolute atomic E-state index is 0. The molecule has 0 aromatic carbocycles. The van der Waals surface area contributed by atoms with Crippen molar-refractivity contribution in [3.8, 4) is 0 Å². The van der Waals surface area contributed by atoms with Gasteiger partial charge in [0.1, 0.15) is 0 Å². The minimum Gasteiger partial charge on any atom is -0.351 e. The first kappa shape index (κ1) is 20.1. The Kier molecular flexibility index (Phi) is 8.79. The summed E-state index contributed by atoms with van der Waals surface area (Å²) in [7, 11) is 1.68. The third-order valence-electron chi connectivity index (χ3n) is 2.25. The molecule has 6 nitrogen and oxygen atoms in total. The van der Waals surface area contributed by atoms with Crippen LogP contribution in [0.4, 0.5) is 0 Å². The Bertz CT molecular complexity index is 481. The number of nitrogens with zero attached hydrogens (tertiary/aromatic N) is 2. The molecule has 3 N–H and O–H groups in total. The highest BCUT2D eigenvalue weighted by atomic mass is 127. The lowest BCUT2D eigenvalue weighted by Crippen LogP contribution is -2.48. The highest BCUT2D eigenvalue weighted by Gasteiger charge is 2.13. The van der Waals surface area contributed by atoms with Crippen molar-refractivity contribution in [3.05, 3.63) is 16.1 Å². The van der Waals surface area contributed by atoms with Gasteiger partial charge < -0.3 is 16.0 Å². The van der Waals surface area contributed by atoms with E-state index < -0.39 is 0 Å². The van der Waals surface area contributed by atoms with Gasteiger partial charge in [0.05, 0.1) is 18.1 Å². The van der Waals surface area contributed by atoms with Crippen LogP contribution in [-0.4, -0.2) is 36.0 Å². The summed E-state index contributed by atoms with van der Waals surface area (Å²) in [5, 5.41) is 10.0. The molecule has 1 heterocycles. The number of carbonyl (C=O) groups is 1. The molecule has 0 aliphatic rings. The van der Waals surface area contributed by atoms with Crippen molar-refractivity contribution in [2.45, 2.75) is 39.8 Å². The molecule has 0 saturated carbocycles. The smallest absolute Gasteiger partial charge is 0.239 e. The first-order valence-corrected chi connectivity index (χ1v) is 7.28. The number of nitrogens with one attached hydrogen (secondary N) is 3. The van der Waals surface area contributed by atoms with Crippen LogP contribution >= 0.6 is 35.3 Å². The molecule has 0 aliphatic heterocycles. The minimum atomic E-state index is -0.226. The predicted octanol–water partition coefficient (Wildman–Crippen LogP) is 1.65. The van der Waals surface area contributed by atoms with Gasteiger partial charge in [-0.3, -0.25) is 9.79 Å². The van der Waals surface area contributed by atoms with Crippen LogP contribution < -0.4 is 16.0 Å². The molecule has 0 unspecified atom stereocenters. The number of amides is 1. The van der Waals surface area contributed by atoms with Crippen molar-refractivity contribution >= 4 is 47.2 Å². The Morgan fingerprint density at radius 1 is 1.38 bits per heavy atom. The van der Waals surface area contributed by atoms with Gasteiger partial charge in [-0.1, -0.05) is 0 Å². The number of rotatable bonds is 4. The first-order chi connectivity index (χ1) is 9.30. The van der Waals surface area contributed by atoms with E-state index in [0.717, 1.165) is 9.88 Å². The van der Waals surface area contributed by atoms with Crippen molar-refractivity contribution < 1.29 is 4.79 Å². The van der Waals surface area contributed by atoms with Crippen molar-refractivity contribution in [1.82, 2.24) is 20.9 Å². The fourth-order valence-electron chi connectivity index (χ4n) is 1.50. The van der Waals surface area contributed by atoms with Crippen molar-refractivity contribution in [3.63, 3.8) is 0 Å². The maximum atomic E-state index is 11.7. The number of hydrogen-bond donors (Lipinski definition) is 3. The number of aromatic nitrogens is 1. The maximum absolute atomic E-state index is 11.7. The van der Waals surface area contributed by atoms with Gasteiger partial charge in [0.15, 0.2) is 5.96 Å². The summed E-state index contributed by atoms with van der Waals surface area (Å²) in [5.41, 5.74) is -0.226. The average Bonchev–Trinajstić information content (AvgIpc) is 2.73. The largest absolute Gasteiger partial charge is 0.351 e. The van der Waals surface area contributed by atoms with Gasteiger partial charge in [-0.15, -0.1) is 35.3 Å². The summed E-state index contributed by atoms with van der Waals surface area (Å²) in [4.78, 5) is 21.1. The van der Waals surface area contributed by atoms with Gasteiger partial charge in [-0.25, -0.2) is 4.98 Å². The summed E-state index contributed by atoms with van der Waals surface area (Å²) < 4.78 is 0. The second kappa shape index (κ2) is 9.19. The van der Waals surface area contributed by atoms with Crippen molar-refractivity contribution in [2.24, 2.45) is 4.99 Å². The van der Waals surface area contributed by atoms with Gasteiger partial charge in [-0.05, 0) is 27.7 Å². The van der Waals surface area contributed by atoms with Crippen molar-refractivity contribution in [1.29, 1.82) is 0 Å². The normalized spacial score (nSPS) is 11.6. The van der Waals surface area contributed by atoms with Crippen LogP contribution in [0, 0.1) is 6.92 Å². The molecule has 0 radical (unpaired) electrons. The Balaban J connectivity index is 0.00000400. The molecule has 1 amide bonds. The van der Waals surface area contributed by atoms with Crippen LogP contribution in [0.2, 0.25) is 0 Å². The third-order valence-corrected chi connectivity index (χ3v) is 3.17. The molecule has 1 aromatic rings. The SMILES string of the molecule is CN=C(NCC(=O)NC(C)(C)C)NCc1cnc(C)s1.I. The zero-order chi connectivity index (χ0) is 15.2. The standard InChI is InChI=1S/C13H23N5OS.HI/c1-9-15-6-10(20-9)7-16-12(14-5)17-8-11(19)18-13(2,3)4;/h6H,7-8H2,1-5H3,(H,18,19)(H2,14,16,17);1H. The highest BCUT2D eigenvalue weighted by Crippen LogP contribution is 2.10. The monoisotopic (exact) mass is 425 g/mol. The van der Waals surface area contributed by atoms with Crippen molar-refractivity contribution in [2.75, 3.05) is 13.6 Å². The molecule has 0 fully saturated rings. The van der Waals surface area contributed by atoms with Crippen LogP contribution in [-0.2, 0) is 11.3 Å². The molecule has 8 heteroatoms. The summed E-state index contributed by atoms with van der Waals surface area (Å²) >= 11 is 1.64. The molecule has 0 bridgehead atoms. The number of hydrogen-bond acceptors (Lipinski definition) is 4. The van der Waals surface area contributed by atoms with Gasteiger partial charge in [0, 0.05) is 23.7 Å². The van der Waals surface area contributed by atoms with Crippen LogP contribution in [0.5, 0.6) is 0 Å². The predicted molar refractivity (Wildman–Crippen MR) is 98.4 cm³/mol. The van der Waals surface area contributed by atoms with Crippen LogP contribution in [0.15, 0.2) is 11.2 Å². The molecule has 1 aromatic heterocycles. The average molecular weight is 425 g/mol. The second-order valence-electron chi connectivity index (χ2n) is 5.42. The van der Waals surface area contributed by atoms with E-state index in [9.17, 15) is 4.79 Å². The zero-order valence-electron chi connectivity index (χ0n) is 13.1. The summed E-state index contributed by atoms with van der Waals surface area (Å²) in [6.45, 7) is 8.65. The van der Waals surface area contributed by atoms with Crippen LogP contribution in [0.3, 0.4) is 0 Å². The van der Waals surface area contributed by atoms with E-state index in [1.165, 1.54) is 0 Å². The number of halogens is 1. The lowest BCUT2D eigenvalue weighted by atomic mass is 10.1. The van der Waals surface area contributed by atoms with E-state index in [1.807, 2.05) is 33.9 Å². The molecule has 1 rings (SSSR count). The Hall–Kier alpha value is -0.900. The van der Waals surface area contributed by atoms with E-state index in [1.54, 1.807) is 18.4 Å². The first-order valence-electron chi connectivity index (χ1n) is 6.47. The molecule has 0 spiro atoms. The topological polar surface area (TPSA) is 78.4 Å². The van der Waals surface area contributed by atoms with Crippen LogP contribution in [0.1, 0.15) is 30.7 Å². The number of thiazole rings is 1. The van der Waals surface area contributed by atoms with Crippen LogP contribution in [0.25, 0.3) is 0 Å². The zero-order valence-corrected chi connectivity index (χ0v) is 16.3. The van der Waals surface area contributed by atoms with E-state index in [2.05, 4.69) is 25.9 Å². The quantitative estimate of drug-likeness (QED) is 0.390. The molecule has 0 saturated heterocycles. The summed E-state index contributed by atoms with van der Waals surface area (Å²) in [6.07, 6.45) is 1.84. The fraction of sp³-hybridized carbons (Fsp3) is 0.615. The molecular weight excluding hydrogens is 401 g/mol. The molecule has 0 atom stereocenters. The van der Waals surface area contributed by atoms with E-state index >= 15 is 0 Å². The third kappa shape index (κ3) is 8.86. The molecule has 0 aliphatic carbocycles. The second-order valence-corrected chi connectivity index (χ2v) is 6.74. The molecule has 120 valence electrons. The maximum Gasteiger partial charge on any atom is 0.239 e. The molecular formula is C13H24IN5OS. The van der Waals surface area contributed by atoms with E-state index in [0.29, 0.717) is 12.5 Å². The van der Waals surface area contributed by atoms with Gasteiger partial charge in [0.2, 0.25) is 5.91 Å². The molecule has 21 heavy (non-hydrogen) atoms. The number of carbonyl (C=O) groups excluding carboxylic acids is 1. The van der Waals surface area contributed by atoms with Gasteiger partial charge in [-0.2, -0.15) is 0 Å². The van der Waals surface area contributed by atoms with Gasteiger partial charge >= 0.3 is 0 Å². The lowest BCUT2D eigenvalue weighted by Gasteiger charge is -2.21. The van der Waals surface area contributed by atoms with E-state index in [4.69, 9.17) is 0 Å². The Labute approximate surface area is 147 Å². The summed E-state index contributed by atoms with van der Waals surface area (Å²) in [6, 6.07) is 0. The number of aliphatic imine (C=N–C) groups is 1. The van der Waals surface area contributed by atoms with Gasteiger partial charge in [0.25, 0.3) is 0 Å². The van der Waals surface area contributed by atoms with E-state index in [-0.39, 0.29) is 42.0 Å². The number of aryl methyl sites for hydroxylation is 1. The number of guanidine groups is 1. The lowest BCUT2D eigenvalue weighted by molar-refractivity contribution is -0.121. The fourth-order valence-corrected chi connectivity index (χ4v) is 2.24.